The van der Waals surface area contributed by atoms with Crippen LogP contribution in [0.15, 0.2) is 38.8 Å². The van der Waals surface area contributed by atoms with Crippen LogP contribution < -0.4 is 5.56 Å². The van der Waals surface area contributed by atoms with Crippen LogP contribution >= 0.6 is 0 Å². The maximum Gasteiger partial charge on any atom is 0.250 e. The highest BCUT2D eigenvalue weighted by Crippen LogP contribution is 2.37. The van der Waals surface area contributed by atoms with E-state index in [2.05, 4.69) is 4.98 Å². The molecule has 2 aliphatic rings. The first-order valence-corrected chi connectivity index (χ1v) is 10.6. The summed E-state index contributed by atoms with van der Waals surface area (Å²) in [6, 6.07) is 2.72. The van der Waals surface area contributed by atoms with E-state index in [1.807, 2.05) is 0 Å². The molecule has 26 heavy (non-hydrogen) atoms. The Labute approximate surface area is 152 Å². The molecule has 0 unspecified atom stereocenters. The highest BCUT2D eigenvalue weighted by molar-refractivity contribution is 7.89. The van der Waals surface area contributed by atoms with Gasteiger partial charge in [-0.25, -0.2) is 13.4 Å². The van der Waals surface area contributed by atoms with Gasteiger partial charge in [0, 0.05) is 31.3 Å². The SMILES string of the molecule is O=c1ccc(S(=O)(=O)N2CCCCC2)cn1Cc1ncoc1C1CCC1. The lowest BCUT2D eigenvalue weighted by atomic mass is 9.83. The summed E-state index contributed by atoms with van der Waals surface area (Å²) in [7, 11) is -3.57. The van der Waals surface area contributed by atoms with Crippen molar-refractivity contribution in [3.63, 3.8) is 0 Å². The molecule has 4 rings (SSSR count). The van der Waals surface area contributed by atoms with Gasteiger partial charge in [-0.15, -0.1) is 0 Å². The minimum atomic E-state index is -3.57. The highest BCUT2D eigenvalue weighted by atomic mass is 32.2. The Morgan fingerprint density at radius 1 is 1.12 bits per heavy atom. The molecule has 7 nitrogen and oxygen atoms in total. The van der Waals surface area contributed by atoms with E-state index in [1.165, 1.54) is 40.0 Å². The summed E-state index contributed by atoms with van der Waals surface area (Å²) in [5.74, 6) is 1.19. The number of oxazole rings is 1. The zero-order valence-electron chi connectivity index (χ0n) is 14.6. The van der Waals surface area contributed by atoms with Crippen LogP contribution in [0.1, 0.15) is 55.9 Å². The molecule has 1 saturated heterocycles. The number of piperidine rings is 1. The smallest absolute Gasteiger partial charge is 0.250 e. The summed E-state index contributed by atoms with van der Waals surface area (Å²) in [5, 5.41) is 0. The molecule has 0 spiro atoms. The van der Waals surface area contributed by atoms with Crippen LogP contribution in [0.25, 0.3) is 0 Å². The van der Waals surface area contributed by atoms with Crippen LogP contribution in [-0.4, -0.2) is 35.4 Å². The molecule has 0 bridgehead atoms. The van der Waals surface area contributed by atoms with E-state index < -0.39 is 10.0 Å². The first kappa shape index (κ1) is 17.5. The Kier molecular flexibility index (Phi) is 4.71. The summed E-state index contributed by atoms with van der Waals surface area (Å²) < 4.78 is 34.2. The Balaban J connectivity index is 1.62. The molecule has 1 aliphatic heterocycles. The molecule has 1 saturated carbocycles. The maximum absolute atomic E-state index is 12.9. The average Bonchev–Trinajstić information content (AvgIpc) is 3.03. The molecule has 0 radical (unpaired) electrons. The van der Waals surface area contributed by atoms with Crippen molar-refractivity contribution < 1.29 is 12.8 Å². The number of sulfonamides is 1. The summed E-state index contributed by atoms with van der Waals surface area (Å²) in [5.41, 5.74) is 0.467. The van der Waals surface area contributed by atoms with E-state index in [1.54, 1.807) is 0 Å². The van der Waals surface area contributed by atoms with E-state index in [4.69, 9.17) is 4.42 Å². The lowest BCUT2D eigenvalue weighted by Gasteiger charge is -2.26. The maximum atomic E-state index is 12.9. The molecular formula is C18H23N3O4S. The first-order chi connectivity index (χ1) is 12.6. The second kappa shape index (κ2) is 7.00. The minimum absolute atomic E-state index is 0.160. The number of hydrogen-bond donors (Lipinski definition) is 0. The minimum Gasteiger partial charge on any atom is -0.448 e. The van der Waals surface area contributed by atoms with Gasteiger partial charge in [-0.2, -0.15) is 4.31 Å². The largest absolute Gasteiger partial charge is 0.448 e. The van der Waals surface area contributed by atoms with Crippen molar-refractivity contribution in [1.82, 2.24) is 13.9 Å². The standard InChI is InChI=1S/C18H23N3O4S/c22-17-8-7-15(26(23,24)21-9-2-1-3-10-21)11-20(17)12-16-18(25-13-19-16)14-5-4-6-14/h7-8,11,13-14H,1-6,9-10,12H2. The number of rotatable bonds is 5. The van der Waals surface area contributed by atoms with Crippen molar-refractivity contribution in [2.45, 2.75) is 55.9 Å². The molecule has 0 amide bonds. The molecule has 8 heteroatoms. The van der Waals surface area contributed by atoms with Crippen LogP contribution in [0.3, 0.4) is 0 Å². The van der Waals surface area contributed by atoms with Gasteiger partial charge in [-0.05, 0) is 31.7 Å². The number of hydrogen-bond acceptors (Lipinski definition) is 5. The molecule has 1 aliphatic carbocycles. The van der Waals surface area contributed by atoms with Gasteiger partial charge in [0.05, 0.1) is 11.4 Å². The van der Waals surface area contributed by atoms with Crippen molar-refractivity contribution >= 4 is 10.0 Å². The van der Waals surface area contributed by atoms with Gasteiger partial charge in [0.2, 0.25) is 10.0 Å². The molecule has 140 valence electrons. The number of nitrogens with zero attached hydrogens (tertiary/aromatic N) is 3. The highest BCUT2D eigenvalue weighted by Gasteiger charge is 2.28. The Morgan fingerprint density at radius 2 is 1.88 bits per heavy atom. The van der Waals surface area contributed by atoms with Crippen LogP contribution in [0.2, 0.25) is 0 Å². The average molecular weight is 377 g/mol. The summed E-state index contributed by atoms with van der Waals surface area (Å²) >= 11 is 0. The molecule has 3 heterocycles. The zero-order chi connectivity index (χ0) is 18.1. The predicted molar refractivity (Wildman–Crippen MR) is 95.5 cm³/mol. The Hall–Kier alpha value is -1.93. The van der Waals surface area contributed by atoms with Crippen molar-refractivity contribution in [3.8, 4) is 0 Å². The fourth-order valence-electron chi connectivity index (χ4n) is 3.60. The lowest BCUT2D eigenvalue weighted by molar-refractivity contribution is 0.342. The quantitative estimate of drug-likeness (QED) is 0.798. The number of aromatic nitrogens is 2. The van der Waals surface area contributed by atoms with Gasteiger partial charge in [0.25, 0.3) is 5.56 Å². The van der Waals surface area contributed by atoms with Crippen LogP contribution in [0.4, 0.5) is 0 Å². The van der Waals surface area contributed by atoms with Gasteiger partial charge in [-0.1, -0.05) is 12.8 Å². The second-order valence-corrected chi connectivity index (χ2v) is 9.02. The third kappa shape index (κ3) is 3.23. The third-order valence-electron chi connectivity index (χ3n) is 5.38. The normalized spacial score (nSPS) is 19.4. The van der Waals surface area contributed by atoms with Gasteiger partial charge in [-0.3, -0.25) is 4.79 Å². The van der Waals surface area contributed by atoms with E-state index in [9.17, 15) is 13.2 Å². The van der Waals surface area contributed by atoms with E-state index in [0.717, 1.165) is 37.9 Å². The van der Waals surface area contributed by atoms with E-state index in [0.29, 0.717) is 24.7 Å². The van der Waals surface area contributed by atoms with Gasteiger partial charge >= 0.3 is 0 Å². The number of pyridine rings is 1. The summed E-state index contributed by atoms with van der Waals surface area (Å²) in [6.07, 6.45) is 8.97. The van der Waals surface area contributed by atoms with Crippen LogP contribution in [0, 0.1) is 0 Å². The second-order valence-electron chi connectivity index (χ2n) is 7.09. The van der Waals surface area contributed by atoms with Crippen molar-refractivity contribution in [1.29, 1.82) is 0 Å². The van der Waals surface area contributed by atoms with E-state index >= 15 is 0 Å². The third-order valence-corrected chi connectivity index (χ3v) is 7.26. The Bertz CT molecular complexity index is 937. The van der Waals surface area contributed by atoms with Gasteiger partial charge < -0.3 is 8.98 Å². The molecule has 0 N–H and O–H groups in total. The topological polar surface area (TPSA) is 85.4 Å². The monoisotopic (exact) mass is 377 g/mol. The fourth-order valence-corrected chi connectivity index (χ4v) is 5.14. The molecule has 0 atom stereocenters. The van der Waals surface area contributed by atoms with E-state index in [-0.39, 0.29) is 17.0 Å². The molecule has 2 aromatic rings. The summed E-state index contributed by atoms with van der Waals surface area (Å²) in [6.45, 7) is 1.30. The molecule has 2 aromatic heterocycles. The predicted octanol–water partition coefficient (Wildman–Crippen LogP) is 2.33. The molecule has 0 aromatic carbocycles. The van der Waals surface area contributed by atoms with Crippen molar-refractivity contribution in [3.05, 3.63) is 46.5 Å². The molecular weight excluding hydrogens is 354 g/mol. The van der Waals surface area contributed by atoms with Gasteiger partial charge in [0.15, 0.2) is 6.39 Å². The summed E-state index contributed by atoms with van der Waals surface area (Å²) in [4.78, 5) is 16.7. The van der Waals surface area contributed by atoms with Gasteiger partial charge in [0.1, 0.15) is 11.5 Å². The van der Waals surface area contributed by atoms with Crippen molar-refractivity contribution in [2.75, 3.05) is 13.1 Å². The zero-order valence-corrected chi connectivity index (χ0v) is 15.5. The van der Waals surface area contributed by atoms with Crippen LogP contribution in [-0.2, 0) is 16.6 Å². The van der Waals surface area contributed by atoms with Crippen LogP contribution in [0.5, 0.6) is 0 Å². The molecule has 2 fully saturated rings. The Morgan fingerprint density at radius 3 is 2.58 bits per heavy atom. The fraction of sp³-hybridized carbons (Fsp3) is 0.556. The van der Waals surface area contributed by atoms with Crippen molar-refractivity contribution in [2.24, 2.45) is 0 Å². The first-order valence-electron chi connectivity index (χ1n) is 9.18. The lowest BCUT2D eigenvalue weighted by Crippen LogP contribution is -2.36.